The molecule has 118 valence electrons. The molecule has 22 heavy (non-hydrogen) atoms. The first-order valence-electron chi connectivity index (χ1n) is 7.30. The van der Waals surface area contributed by atoms with Gasteiger partial charge in [-0.05, 0) is 25.0 Å². The van der Waals surface area contributed by atoms with Crippen molar-refractivity contribution >= 4 is 29.3 Å². The van der Waals surface area contributed by atoms with Crippen LogP contribution in [0.2, 0.25) is 5.02 Å². The van der Waals surface area contributed by atoms with Crippen molar-refractivity contribution in [2.75, 3.05) is 25.0 Å². The summed E-state index contributed by atoms with van der Waals surface area (Å²) in [5.41, 5.74) is -0.583. The van der Waals surface area contributed by atoms with Crippen molar-refractivity contribution in [2.45, 2.75) is 24.8 Å². The van der Waals surface area contributed by atoms with Gasteiger partial charge in [-0.1, -0.05) is 11.6 Å². The second kappa shape index (κ2) is 5.43. The molecule has 2 aliphatic rings. The Bertz CT molecular complexity index is 614. The zero-order valence-corrected chi connectivity index (χ0v) is 13.1. The lowest BCUT2D eigenvalue weighted by atomic mass is 9.77. The van der Waals surface area contributed by atoms with Gasteiger partial charge in [0.05, 0.1) is 16.5 Å². The van der Waals surface area contributed by atoms with Crippen molar-refractivity contribution in [3.05, 3.63) is 23.4 Å². The number of likely N-dealkylation sites (tertiary alicyclic amines) is 1. The van der Waals surface area contributed by atoms with E-state index in [1.54, 1.807) is 30.3 Å². The number of pyridine rings is 1. The van der Waals surface area contributed by atoms with Crippen LogP contribution in [0.25, 0.3) is 0 Å². The molecule has 1 aromatic rings. The quantitative estimate of drug-likeness (QED) is 0.895. The van der Waals surface area contributed by atoms with E-state index < -0.39 is 17.4 Å². The van der Waals surface area contributed by atoms with Crippen LogP contribution in [0.4, 0.5) is 5.82 Å². The van der Waals surface area contributed by atoms with Crippen LogP contribution in [0.15, 0.2) is 18.3 Å². The molecule has 1 N–H and O–H groups in total. The van der Waals surface area contributed by atoms with Crippen LogP contribution in [0.1, 0.15) is 19.3 Å². The fourth-order valence-corrected chi connectivity index (χ4v) is 3.94. The summed E-state index contributed by atoms with van der Waals surface area (Å²) in [4.78, 5) is 31.5. The number of carboxylic acid groups (broad SMARTS) is 1. The third-order valence-corrected chi connectivity index (χ3v) is 5.33. The zero-order chi connectivity index (χ0) is 15.9. The van der Waals surface area contributed by atoms with Gasteiger partial charge in [0.25, 0.3) is 0 Å². The number of hydrogen-bond acceptors (Lipinski definition) is 4. The average Bonchev–Trinajstić information content (AvgIpc) is 2.74. The van der Waals surface area contributed by atoms with Crippen LogP contribution >= 0.6 is 11.6 Å². The molecule has 3 rings (SSSR count). The molecule has 6 nitrogen and oxygen atoms in total. The molecular weight excluding hydrogens is 306 g/mol. The summed E-state index contributed by atoms with van der Waals surface area (Å²) in [5.74, 6) is -0.886. The van der Waals surface area contributed by atoms with Gasteiger partial charge >= 0.3 is 5.97 Å². The molecule has 0 saturated carbocycles. The molecule has 1 atom stereocenters. The van der Waals surface area contributed by atoms with Crippen molar-refractivity contribution < 1.29 is 14.7 Å². The van der Waals surface area contributed by atoms with Gasteiger partial charge in [-0.2, -0.15) is 0 Å². The van der Waals surface area contributed by atoms with Crippen molar-refractivity contribution in [3.8, 4) is 0 Å². The number of carboxylic acids is 1. The summed E-state index contributed by atoms with van der Waals surface area (Å²) in [6.07, 6.45) is 3.01. The second-order valence-electron chi connectivity index (χ2n) is 5.95. The number of nitrogens with zero attached hydrogens (tertiary/aromatic N) is 3. The third kappa shape index (κ3) is 2.22. The highest BCUT2D eigenvalue weighted by Crippen LogP contribution is 2.43. The van der Waals surface area contributed by atoms with E-state index in [-0.39, 0.29) is 12.3 Å². The lowest BCUT2D eigenvalue weighted by Gasteiger charge is -2.45. The van der Waals surface area contributed by atoms with Crippen molar-refractivity contribution in [1.29, 1.82) is 0 Å². The van der Waals surface area contributed by atoms with Gasteiger partial charge in [0.2, 0.25) is 5.91 Å². The van der Waals surface area contributed by atoms with E-state index in [4.69, 9.17) is 11.6 Å². The smallest absolute Gasteiger partial charge is 0.309 e. The van der Waals surface area contributed by atoms with E-state index in [2.05, 4.69) is 9.88 Å². The van der Waals surface area contributed by atoms with Crippen molar-refractivity contribution in [2.24, 2.45) is 5.92 Å². The Morgan fingerprint density at radius 2 is 2.14 bits per heavy atom. The maximum atomic E-state index is 12.0. The maximum Gasteiger partial charge on any atom is 0.309 e. The topological polar surface area (TPSA) is 73.7 Å². The molecular formula is C15H18ClN3O3. The average molecular weight is 324 g/mol. The Morgan fingerprint density at radius 1 is 1.45 bits per heavy atom. The summed E-state index contributed by atoms with van der Waals surface area (Å²) in [6, 6.07) is 3.57. The number of amides is 1. The van der Waals surface area contributed by atoms with E-state index in [0.717, 1.165) is 5.82 Å². The minimum Gasteiger partial charge on any atom is -0.481 e. The fourth-order valence-electron chi connectivity index (χ4n) is 3.70. The van der Waals surface area contributed by atoms with Gasteiger partial charge in [0.1, 0.15) is 5.82 Å². The zero-order valence-electron chi connectivity index (χ0n) is 12.3. The van der Waals surface area contributed by atoms with Crippen LogP contribution < -0.4 is 4.90 Å². The number of anilines is 1. The summed E-state index contributed by atoms with van der Waals surface area (Å²) in [5, 5.41) is 10.1. The highest BCUT2D eigenvalue weighted by molar-refractivity contribution is 6.32. The molecule has 2 saturated heterocycles. The van der Waals surface area contributed by atoms with Crippen LogP contribution in [0, 0.1) is 5.92 Å². The largest absolute Gasteiger partial charge is 0.481 e. The summed E-state index contributed by atoms with van der Waals surface area (Å²) in [6.45, 7) is 1.27. The minimum atomic E-state index is -0.887. The minimum absolute atomic E-state index is 0.0864. The molecule has 0 aromatic carbocycles. The fraction of sp³-hybridized carbons (Fsp3) is 0.533. The molecule has 0 radical (unpaired) electrons. The normalized spacial score (nSPS) is 24.1. The molecule has 0 aliphatic carbocycles. The van der Waals surface area contributed by atoms with E-state index in [1.165, 1.54) is 0 Å². The van der Waals surface area contributed by atoms with Gasteiger partial charge in [-0.15, -0.1) is 0 Å². The van der Waals surface area contributed by atoms with Crippen LogP contribution in [0.5, 0.6) is 0 Å². The predicted molar refractivity (Wildman–Crippen MR) is 81.9 cm³/mol. The molecule has 1 unspecified atom stereocenters. The summed E-state index contributed by atoms with van der Waals surface area (Å²) in [7, 11) is 1.72. The molecule has 1 amide bonds. The first kappa shape index (κ1) is 15.1. The molecule has 7 heteroatoms. The predicted octanol–water partition coefficient (Wildman–Crippen LogP) is 1.64. The van der Waals surface area contributed by atoms with E-state index in [1.807, 2.05) is 0 Å². The number of aromatic nitrogens is 1. The van der Waals surface area contributed by atoms with Crippen LogP contribution in [0.3, 0.4) is 0 Å². The molecule has 1 aromatic heterocycles. The lowest BCUT2D eigenvalue weighted by Crippen LogP contribution is -2.56. The highest BCUT2D eigenvalue weighted by Gasteiger charge is 2.55. The number of carbonyl (C=O) groups is 2. The first-order valence-corrected chi connectivity index (χ1v) is 7.68. The number of halogens is 1. The monoisotopic (exact) mass is 323 g/mol. The Balaban J connectivity index is 1.82. The van der Waals surface area contributed by atoms with Gasteiger partial charge in [0.15, 0.2) is 0 Å². The molecule has 2 fully saturated rings. The van der Waals surface area contributed by atoms with E-state index >= 15 is 0 Å². The number of carbonyl (C=O) groups excluding carboxylic acids is 1. The standard InChI is InChI=1S/C15H18ClN3O3/c1-18-12(20)9-10(14(21)22)15(18)4-7-19(8-5-15)13-11(16)3-2-6-17-13/h2-3,6,10H,4-5,7-9H2,1H3,(H,21,22). The summed E-state index contributed by atoms with van der Waals surface area (Å²) >= 11 is 6.18. The number of hydrogen-bond donors (Lipinski definition) is 1. The van der Waals surface area contributed by atoms with Crippen LogP contribution in [-0.4, -0.2) is 52.5 Å². The third-order valence-electron chi connectivity index (χ3n) is 5.04. The van der Waals surface area contributed by atoms with Gasteiger partial charge in [-0.25, -0.2) is 4.98 Å². The summed E-state index contributed by atoms with van der Waals surface area (Å²) < 4.78 is 0. The number of piperidine rings is 1. The molecule has 3 heterocycles. The highest BCUT2D eigenvalue weighted by atomic mass is 35.5. The van der Waals surface area contributed by atoms with Gasteiger partial charge in [0, 0.05) is 32.8 Å². The van der Waals surface area contributed by atoms with Gasteiger partial charge < -0.3 is 14.9 Å². The first-order chi connectivity index (χ1) is 10.5. The molecule has 0 bridgehead atoms. The van der Waals surface area contributed by atoms with Crippen molar-refractivity contribution in [3.63, 3.8) is 0 Å². The van der Waals surface area contributed by atoms with E-state index in [9.17, 15) is 14.7 Å². The Labute approximate surface area is 133 Å². The molecule has 2 aliphatic heterocycles. The Hall–Kier alpha value is -1.82. The lowest BCUT2D eigenvalue weighted by molar-refractivity contribution is -0.145. The SMILES string of the molecule is CN1C(=O)CC(C(=O)O)C12CCN(c1ncccc1Cl)CC2. The second-order valence-corrected chi connectivity index (χ2v) is 6.35. The van der Waals surface area contributed by atoms with E-state index in [0.29, 0.717) is 31.0 Å². The maximum absolute atomic E-state index is 12.0. The Kier molecular flexibility index (Phi) is 3.72. The number of rotatable bonds is 2. The van der Waals surface area contributed by atoms with Crippen molar-refractivity contribution in [1.82, 2.24) is 9.88 Å². The molecule has 1 spiro atoms. The van der Waals surface area contributed by atoms with Gasteiger partial charge in [-0.3, -0.25) is 9.59 Å². The van der Waals surface area contributed by atoms with Crippen LogP contribution in [-0.2, 0) is 9.59 Å². The number of aliphatic carboxylic acids is 1. The Morgan fingerprint density at radius 3 is 2.73 bits per heavy atom.